The molecule has 2 heterocycles. The van der Waals surface area contributed by atoms with Gasteiger partial charge in [0.1, 0.15) is 5.75 Å². The van der Waals surface area contributed by atoms with E-state index in [1.54, 1.807) is 11.3 Å². The second-order valence-corrected chi connectivity index (χ2v) is 6.37. The summed E-state index contributed by atoms with van der Waals surface area (Å²) in [5.41, 5.74) is 2.57. The molecular weight excluding hydrogens is 268 g/mol. The van der Waals surface area contributed by atoms with Crippen molar-refractivity contribution in [3.8, 4) is 5.75 Å². The first-order valence-corrected chi connectivity index (χ1v) is 8.01. The Balaban J connectivity index is 1.99. The van der Waals surface area contributed by atoms with E-state index in [0.717, 1.165) is 36.8 Å². The third kappa shape index (κ3) is 2.58. The lowest BCUT2D eigenvalue weighted by molar-refractivity contribution is 0.350. The number of ether oxygens (including phenoxy) is 1. The third-order valence-electron chi connectivity index (χ3n) is 3.58. The maximum atomic E-state index is 5.86. The van der Waals surface area contributed by atoms with Crippen LogP contribution in [0, 0.1) is 6.92 Å². The normalized spacial score (nSPS) is 14.9. The summed E-state index contributed by atoms with van der Waals surface area (Å²) in [4.78, 5) is 5.67. The van der Waals surface area contributed by atoms with Gasteiger partial charge in [-0.05, 0) is 25.5 Å². The first-order chi connectivity index (χ1) is 9.79. The van der Waals surface area contributed by atoms with Crippen molar-refractivity contribution in [3.05, 3.63) is 45.4 Å². The van der Waals surface area contributed by atoms with Crippen molar-refractivity contribution in [2.75, 3.05) is 13.2 Å². The second-order valence-electron chi connectivity index (χ2n) is 5.10. The summed E-state index contributed by atoms with van der Waals surface area (Å²) in [6, 6.07) is 6.67. The molecule has 4 heteroatoms. The maximum absolute atomic E-state index is 5.86. The lowest BCUT2D eigenvalue weighted by atomic mass is 10.0. The first-order valence-electron chi connectivity index (χ1n) is 7.20. The molecule has 1 aliphatic rings. The molecule has 0 saturated heterocycles. The Bertz CT molecular complexity index is 594. The number of benzene rings is 1. The number of nitrogens with one attached hydrogen (secondary N) is 1. The zero-order valence-corrected chi connectivity index (χ0v) is 12.8. The molecule has 20 heavy (non-hydrogen) atoms. The summed E-state index contributed by atoms with van der Waals surface area (Å²) in [7, 11) is 0. The van der Waals surface area contributed by atoms with Crippen LogP contribution in [0.3, 0.4) is 0 Å². The van der Waals surface area contributed by atoms with Crippen molar-refractivity contribution in [1.82, 2.24) is 10.3 Å². The molecule has 1 aromatic carbocycles. The highest BCUT2D eigenvalue weighted by Gasteiger charge is 2.24. The fourth-order valence-electron chi connectivity index (χ4n) is 2.63. The largest absolute Gasteiger partial charge is 0.493 e. The van der Waals surface area contributed by atoms with Gasteiger partial charge in [-0.1, -0.05) is 25.1 Å². The Labute approximate surface area is 124 Å². The van der Waals surface area contributed by atoms with Crippen molar-refractivity contribution < 1.29 is 4.74 Å². The maximum Gasteiger partial charge on any atom is 0.127 e. The van der Waals surface area contributed by atoms with Crippen LogP contribution in [-0.2, 0) is 6.42 Å². The molecule has 1 aliphatic heterocycles. The highest BCUT2D eigenvalue weighted by atomic mass is 32.1. The van der Waals surface area contributed by atoms with Gasteiger partial charge < -0.3 is 10.1 Å². The molecule has 0 fully saturated rings. The molecule has 0 bridgehead atoms. The molecular formula is C16H20N2OS. The fraction of sp³-hybridized carbons (Fsp3) is 0.438. The van der Waals surface area contributed by atoms with Gasteiger partial charge >= 0.3 is 0 Å². The minimum absolute atomic E-state index is 0.189. The van der Waals surface area contributed by atoms with Gasteiger partial charge in [-0.3, -0.25) is 0 Å². The Morgan fingerprint density at radius 2 is 2.35 bits per heavy atom. The van der Waals surface area contributed by atoms with Crippen LogP contribution in [0.5, 0.6) is 5.75 Å². The van der Waals surface area contributed by atoms with E-state index in [0.29, 0.717) is 0 Å². The number of rotatable bonds is 5. The first kappa shape index (κ1) is 13.6. The zero-order chi connectivity index (χ0) is 13.9. The monoisotopic (exact) mass is 288 g/mol. The quantitative estimate of drug-likeness (QED) is 0.914. The molecule has 0 amide bonds. The van der Waals surface area contributed by atoms with Crippen LogP contribution in [0.2, 0.25) is 0 Å². The predicted octanol–water partition coefficient (Wildman–Crippen LogP) is 3.48. The van der Waals surface area contributed by atoms with Gasteiger partial charge in [-0.25, -0.2) is 4.98 Å². The predicted molar refractivity (Wildman–Crippen MR) is 82.6 cm³/mol. The fourth-order valence-corrected chi connectivity index (χ4v) is 3.51. The number of para-hydroxylation sites is 1. The molecule has 0 radical (unpaired) electrons. The van der Waals surface area contributed by atoms with E-state index in [1.165, 1.54) is 16.0 Å². The Kier molecular flexibility index (Phi) is 4.03. The van der Waals surface area contributed by atoms with E-state index >= 15 is 0 Å². The summed E-state index contributed by atoms with van der Waals surface area (Å²) in [6.45, 7) is 6.03. The molecule has 1 N–H and O–H groups in total. The van der Waals surface area contributed by atoms with Crippen LogP contribution in [-0.4, -0.2) is 18.1 Å². The van der Waals surface area contributed by atoms with E-state index in [4.69, 9.17) is 4.74 Å². The molecule has 106 valence electrons. The minimum atomic E-state index is 0.189. The Morgan fingerprint density at radius 1 is 1.45 bits per heavy atom. The molecule has 1 atom stereocenters. The summed E-state index contributed by atoms with van der Waals surface area (Å²) < 4.78 is 5.86. The number of aryl methyl sites for hydroxylation is 1. The van der Waals surface area contributed by atoms with Gasteiger partial charge in [-0.2, -0.15) is 0 Å². The van der Waals surface area contributed by atoms with Gasteiger partial charge in [0.25, 0.3) is 0 Å². The van der Waals surface area contributed by atoms with E-state index in [2.05, 4.69) is 42.3 Å². The van der Waals surface area contributed by atoms with Crippen LogP contribution >= 0.6 is 11.3 Å². The lowest BCUT2D eigenvalue weighted by Gasteiger charge is -2.19. The van der Waals surface area contributed by atoms with Crippen molar-refractivity contribution in [2.45, 2.75) is 32.7 Å². The van der Waals surface area contributed by atoms with Gasteiger partial charge in [0, 0.05) is 23.1 Å². The van der Waals surface area contributed by atoms with Crippen molar-refractivity contribution in [2.24, 2.45) is 0 Å². The van der Waals surface area contributed by atoms with Crippen LogP contribution in [0.4, 0.5) is 0 Å². The minimum Gasteiger partial charge on any atom is -0.493 e. The summed E-state index contributed by atoms with van der Waals surface area (Å²) in [6.07, 6.45) is 4.12. The van der Waals surface area contributed by atoms with E-state index < -0.39 is 0 Å². The SMILES string of the molecule is CCCNC(c1cnc(C)s1)c1cccc2c1OCC2. The third-order valence-corrected chi connectivity index (χ3v) is 4.56. The van der Waals surface area contributed by atoms with Gasteiger partial charge in [-0.15, -0.1) is 11.3 Å². The van der Waals surface area contributed by atoms with Crippen molar-refractivity contribution in [1.29, 1.82) is 0 Å². The number of hydrogen-bond acceptors (Lipinski definition) is 4. The topological polar surface area (TPSA) is 34.2 Å². The van der Waals surface area contributed by atoms with E-state index in [1.807, 2.05) is 6.20 Å². The lowest BCUT2D eigenvalue weighted by Crippen LogP contribution is -2.22. The number of aromatic nitrogens is 1. The smallest absolute Gasteiger partial charge is 0.127 e. The number of hydrogen-bond donors (Lipinski definition) is 1. The molecule has 3 rings (SSSR count). The van der Waals surface area contributed by atoms with Gasteiger partial charge in [0.15, 0.2) is 0 Å². The number of fused-ring (bicyclic) bond motifs is 1. The van der Waals surface area contributed by atoms with Crippen LogP contribution < -0.4 is 10.1 Å². The van der Waals surface area contributed by atoms with Crippen LogP contribution in [0.25, 0.3) is 0 Å². The van der Waals surface area contributed by atoms with Gasteiger partial charge in [0.2, 0.25) is 0 Å². The van der Waals surface area contributed by atoms with Crippen molar-refractivity contribution >= 4 is 11.3 Å². The Morgan fingerprint density at radius 3 is 3.10 bits per heavy atom. The Hall–Kier alpha value is -1.39. The van der Waals surface area contributed by atoms with Crippen LogP contribution in [0.15, 0.2) is 24.4 Å². The van der Waals surface area contributed by atoms with E-state index in [9.17, 15) is 0 Å². The summed E-state index contributed by atoms with van der Waals surface area (Å²) in [5, 5.41) is 4.74. The second kappa shape index (κ2) is 5.94. The molecule has 0 saturated carbocycles. The molecule has 0 spiro atoms. The molecule has 2 aromatic rings. The highest BCUT2D eigenvalue weighted by Crippen LogP contribution is 2.37. The molecule has 0 aliphatic carbocycles. The van der Waals surface area contributed by atoms with Crippen molar-refractivity contribution in [3.63, 3.8) is 0 Å². The van der Waals surface area contributed by atoms with Gasteiger partial charge in [0.05, 0.1) is 17.7 Å². The average Bonchev–Trinajstić information content (AvgIpc) is 3.08. The highest BCUT2D eigenvalue weighted by molar-refractivity contribution is 7.11. The number of nitrogens with zero attached hydrogens (tertiary/aromatic N) is 1. The summed E-state index contributed by atoms with van der Waals surface area (Å²) in [5.74, 6) is 1.08. The molecule has 3 nitrogen and oxygen atoms in total. The number of thiazole rings is 1. The van der Waals surface area contributed by atoms with Crippen LogP contribution in [0.1, 0.15) is 40.4 Å². The average molecular weight is 288 g/mol. The van der Waals surface area contributed by atoms with E-state index in [-0.39, 0.29) is 6.04 Å². The molecule has 1 aromatic heterocycles. The molecule has 1 unspecified atom stereocenters. The zero-order valence-electron chi connectivity index (χ0n) is 12.0. The summed E-state index contributed by atoms with van der Waals surface area (Å²) >= 11 is 1.76. The standard InChI is InChI=1S/C16H20N2OS/c1-3-8-17-15(14-10-18-11(2)20-14)13-6-4-5-12-7-9-19-16(12)13/h4-6,10,15,17H,3,7-9H2,1-2H3.